The number of aromatic nitrogens is 3. The summed E-state index contributed by atoms with van der Waals surface area (Å²) in [4.78, 5) is 0. The SMILES string of the molecule is CCCn1c(C)nnc1CCCCN. The van der Waals surface area contributed by atoms with E-state index >= 15 is 0 Å². The molecule has 0 aromatic carbocycles. The van der Waals surface area contributed by atoms with Crippen LogP contribution < -0.4 is 5.73 Å². The van der Waals surface area contributed by atoms with Gasteiger partial charge in [0.2, 0.25) is 0 Å². The average molecular weight is 196 g/mol. The fraction of sp³-hybridized carbons (Fsp3) is 0.800. The molecular formula is C10H20N4. The van der Waals surface area contributed by atoms with Gasteiger partial charge in [-0.25, -0.2) is 0 Å². The van der Waals surface area contributed by atoms with Crippen LogP contribution in [0.15, 0.2) is 0 Å². The summed E-state index contributed by atoms with van der Waals surface area (Å²) >= 11 is 0. The predicted molar refractivity (Wildman–Crippen MR) is 57.0 cm³/mol. The van der Waals surface area contributed by atoms with Gasteiger partial charge in [0.15, 0.2) is 0 Å². The van der Waals surface area contributed by atoms with E-state index in [1.54, 1.807) is 0 Å². The van der Waals surface area contributed by atoms with Crippen LogP contribution in [0.1, 0.15) is 37.8 Å². The lowest BCUT2D eigenvalue weighted by Crippen LogP contribution is -2.06. The topological polar surface area (TPSA) is 56.7 Å². The van der Waals surface area contributed by atoms with Crippen molar-refractivity contribution in [3.8, 4) is 0 Å². The van der Waals surface area contributed by atoms with Crippen molar-refractivity contribution in [1.82, 2.24) is 14.8 Å². The first-order valence-electron chi connectivity index (χ1n) is 5.38. The van der Waals surface area contributed by atoms with Crippen LogP contribution >= 0.6 is 0 Å². The molecule has 0 fully saturated rings. The molecule has 1 rings (SSSR count). The molecule has 0 saturated heterocycles. The Labute approximate surface area is 85.5 Å². The molecule has 14 heavy (non-hydrogen) atoms. The molecule has 0 saturated carbocycles. The lowest BCUT2D eigenvalue weighted by atomic mass is 10.2. The Balaban J connectivity index is 2.56. The number of aryl methyl sites for hydroxylation is 2. The van der Waals surface area contributed by atoms with E-state index in [4.69, 9.17) is 5.73 Å². The Hall–Kier alpha value is -0.900. The minimum atomic E-state index is 0.765. The quantitative estimate of drug-likeness (QED) is 0.697. The Kier molecular flexibility index (Phi) is 4.59. The van der Waals surface area contributed by atoms with Gasteiger partial charge in [-0.1, -0.05) is 6.92 Å². The summed E-state index contributed by atoms with van der Waals surface area (Å²) in [6.07, 6.45) is 4.30. The molecule has 0 atom stereocenters. The van der Waals surface area contributed by atoms with Crippen molar-refractivity contribution in [3.63, 3.8) is 0 Å². The first-order chi connectivity index (χ1) is 6.79. The minimum absolute atomic E-state index is 0.765. The molecular weight excluding hydrogens is 176 g/mol. The van der Waals surface area contributed by atoms with Gasteiger partial charge in [0.05, 0.1) is 0 Å². The highest BCUT2D eigenvalue weighted by molar-refractivity contribution is 4.93. The van der Waals surface area contributed by atoms with Gasteiger partial charge in [0.1, 0.15) is 11.6 Å². The maximum absolute atomic E-state index is 5.45. The lowest BCUT2D eigenvalue weighted by Gasteiger charge is -2.06. The van der Waals surface area contributed by atoms with E-state index in [-0.39, 0.29) is 0 Å². The first-order valence-corrected chi connectivity index (χ1v) is 5.38. The van der Waals surface area contributed by atoms with Crippen LogP contribution in [-0.4, -0.2) is 21.3 Å². The summed E-state index contributed by atoms with van der Waals surface area (Å²) in [5.41, 5.74) is 5.45. The Morgan fingerprint density at radius 3 is 2.71 bits per heavy atom. The number of unbranched alkanes of at least 4 members (excludes halogenated alkanes) is 1. The predicted octanol–water partition coefficient (Wildman–Crippen LogP) is 1.28. The standard InChI is InChI=1S/C10H20N4/c1-3-8-14-9(2)12-13-10(14)6-4-5-7-11/h3-8,11H2,1-2H3. The third-order valence-electron chi connectivity index (χ3n) is 2.31. The largest absolute Gasteiger partial charge is 0.330 e. The maximum atomic E-state index is 5.45. The summed E-state index contributed by atoms with van der Waals surface area (Å²) in [5.74, 6) is 2.13. The van der Waals surface area contributed by atoms with Gasteiger partial charge in [0, 0.05) is 13.0 Å². The molecule has 0 aliphatic carbocycles. The molecule has 80 valence electrons. The van der Waals surface area contributed by atoms with Crippen molar-refractivity contribution >= 4 is 0 Å². The van der Waals surface area contributed by atoms with Gasteiger partial charge < -0.3 is 10.3 Å². The highest BCUT2D eigenvalue weighted by Crippen LogP contribution is 2.06. The first kappa shape index (κ1) is 11.2. The third-order valence-corrected chi connectivity index (χ3v) is 2.31. The van der Waals surface area contributed by atoms with Crippen molar-refractivity contribution in [2.24, 2.45) is 5.73 Å². The van der Waals surface area contributed by atoms with Crippen molar-refractivity contribution < 1.29 is 0 Å². The molecule has 0 spiro atoms. The molecule has 0 bridgehead atoms. The zero-order chi connectivity index (χ0) is 10.4. The van der Waals surface area contributed by atoms with Crippen LogP contribution in [0.4, 0.5) is 0 Å². The molecule has 0 amide bonds. The van der Waals surface area contributed by atoms with Crippen LogP contribution in [0.5, 0.6) is 0 Å². The van der Waals surface area contributed by atoms with Gasteiger partial charge in [-0.3, -0.25) is 0 Å². The maximum Gasteiger partial charge on any atom is 0.132 e. The van der Waals surface area contributed by atoms with Gasteiger partial charge >= 0.3 is 0 Å². The zero-order valence-corrected chi connectivity index (χ0v) is 9.16. The lowest BCUT2D eigenvalue weighted by molar-refractivity contribution is 0.603. The molecule has 4 heteroatoms. The number of rotatable bonds is 6. The molecule has 4 nitrogen and oxygen atoms in total. The van der Waals surface area contributed by atoms with Crippen LogP contribution in [0.25, 0.3) is 0 Å². The fourth-order valence-electron chi connectivity index (χ4n) is 1.55. The molecule has 1 aromatic rings. The molecule has 0 aliphatic rings. The second-order valence-corrected chi connectivity index (χ2v) is 3.56. The molecule has 0 unspecified atom stereocenters. The summed E-state index contributed by atoms with van der Waals surface area (Å²) in [5, 5.41) is 8.27. The second kappa shape index (κ2) is 5.75. The summed E-state index contributed by atoms with van der Waals surface area (Å²) in [6, 6.07) is 0. The Morgan fingerprint density at radius 1 is 1.29 bits per heavy atom. The van der Waals surface area contributed by atoms with Gasteiger partial charge in [-0.15, -0.1) is 10.2 Å². The van der Waals surface area contributed by atoms with Crippen LogP contribution in [-0.2, 0) is 13.0 Å². The van der Waals surface area contributed by atoms with Gasteiger partial charge in [-0.2, -0.15) is 0 Å². The van der Waals surface area contributed by atoms with E-state index in [0.717, 1.165) is 50.4 Å². The van der Waals surface area contributed by atoms with E-state index in [0.29, 0.717) is 0 Å². The number of hydrogen-bond donors (Lipinski definition) is 1. The number of nitrogens with zero attached hydrogens (tertiary/aromatic N) is 3. The van der Waals surface area contributed by atoms with E-state index in [1.165, 1.54) is 0 Å². The summed E-state index contributed by atoms with van der Waals surface area (Å²) < 4.78 is 2.20. The van der Waals surface area contributed by atoms with E-state index in [1.807, 2.05) is 6.92 Å². The summed E-state index contributed by atoms with van der Waals surface area (Å²) in [7, 11) is 0. The summed E-state index contributed by atoms with van der Waals surface area (Å²) in [6.45, 7) is 5.97. The number of nitrogens with two attached hydrogens (primary N) is 1. The highest BCUT2D eigenvalue weighted by atomic mass is 15.3. The third kappa shape index (κ3) is 2.80. The fourth-order valence-corrected chi connectivity index (χ4v) is 1.55. The van der Waals surface area contributed by atoms with E-state index < -0.39 is 0 Å². The monoisotopic (exact) mass is 196 g/mol. The molecule has 2 N–H and O–H groups in total. The second-order valence-electron chi connectivity index (χ2n) is 3.56. The minimum Gasteiger partial charge on any atom is -0.330 e. The van der Waals surface area contributed by atoms with Crippen LogP contribution in [0, 0.1) is 6.92 Å². The zero-order valence-electron chi connectivity index (χ0n) is 9.16. The average Bonchev–Trinajstić information content (AvgIpc) is 2.51. The normalized spacial score (nSPS) is 10.8. The Bertz CT molecular complexity index is 267. The molecule has 0 aliphatic heterocycles. The highest BCUT2D eigenvalue weighted by Gasteiger charge is 2.06. The van der Waals surface area contributed by atoms with Crippen molar-refractivity contribution in [3.05, 3.63) is 11.6 Å². The molecule has 0 radical (unpaired) electrons. The smallest absolute Gasteiger partial charge is 0.132 e. The van der Waals surface area contributed by atoms with Crippen molar-refractivity contribution in [1.29, 1.82) is 0 Å². The molecule has 1 aromatic heterocycles. The Morgan fingerprint density at radius 2 is 2.07 bits per heavy atom. The number of hydrogen-bond acceptors (Lipinski definition) is 3. The van der Waals surface area contributed by atoms with Crippen molar-refractivity contribution in [2.75, 3.05) is 6.54 Å². The van der Waals surface area contributed by atoms with Crippen molar-refractivity contribution in [2.45, 2.75) is 46.1 Å². The van der Waals surface area contributed by atoms with E-state index in [2.05, 4.69) is 21.7 Å². The van der Waals surface area contributed by atoms with Crippen LogP contribution in [0.2, 0.25) is 0 Å². The van der Waals surface area contributed by atoms with Gasteiger partial charge in [-0.05, 0) is 32.7 Å². The van der Waals surface area contributed by atoms with Crippen LogP contribution in [0.3, 0.4) is 0 Å². The van der Waals surface area contributed by atoms with Gasteiger partial charge in [0.25, 0.3) is 0 Å². The van der Waals surface area contributed by atoms with E-state index in [9.17, 15) is 0 Å². The molecule has 1 heterocycles.